The number of hydrogen-bond acceptors (Lipinski definition) is 3. The lowest BCUT2D eigenvalue weighted by Gasteiger charge is -2.27. The Bertz CT molecular complexity index is 310. The zero-order valence-corrected chi connectivity index (χ0v) is 10.7. The molecule has 17 heavy (non-hydrogen) atoms. The number of hydrogen-bond donors (Lipinski definition) is 2. The van der Waals surface area contributed by atoms with Crippen molar-refractivity contribution >= 4 is 6.09 Å². The van der Waals surface area contributed by atoms with Gasteiger partial charge < -0.3 is 15.4 Å². The number of rotatable bonds is 2. The van der Waals surface area contributed by atoms with Gasteiger partial charge in [0.1, 0.15) is 11.8 Å². The van der Waals surface area contributed by atoms with E-state index in [2.05, 4.69) is 10.6 Å². The lowest BCUT2D eigenvalue weighted by molar-refractivity contribution is 0.0463. The molecular weight excluding hydrogens is 223 g/mol. The van der Waals surface area contributed by atoms with Crippen molar-refractivity contribution in [2.75, 3.05) is 13.1 Å². The largest absolute Gasteiger partial charge is 0.444 e. The fourth-order valence-electron chi connectivity index (χ4n) is 2.42. The third-order valence-electron chi connectivity index (χ3n) is 3.39. The molecule has 2 unspecified atom stereocenters. The van der Waals surface area contributed by atoms with Gasteiger partial charge in [0.05, 0.1) is 5.54 Å². The Morgan fingerprint density at radius 3 is 2.47 bits per heavy atom. The zero-order chi connectivity index (χ0) is 12.7. The summed E-state index contributed by atoms with van der Waals surface area (Å²) in [6.45, 7) is 6.49. The predicted molar refractivity (Wildman–Crippen MR) is 62.6 cm³/mol. The van der Waals surface area contributed by atoms with Crippen LogP contribution in [-0.2, 0) is 4.74 Å². The van der Waals surface area contributed by atoms with Gasteiger partial charge in [-0.25, -0.2) is 9.18 Å². The van der Waals surface area contributed by atoms with Crippen molar-refractivity contribution in [3.63, 3.8) is 0 Å². The van der Waals surface area contributed by atoms with Gasteiger partial charge in [0.25, 0.3) is 0 Å². The summed E-state index contributed by atoms with van der Waals surface area (Å²) in [5.74, 6) is -0.116. The van der Waals surface area contributed by atoms with Crippen LogP contribution in [0.4, 0.5) is 9.18 Å². The molecule has 4 nitrogen and oxygen atoms in total. The molecule has 2 atom stereocenters. The Morgan fingerprint density at radius 1 is 1.41 bits per heavy atom. The Hall–Kier alpha value is -0.840. The Kier molecular flexibility index (Phi) is 3.06. The van der Waals surface area contributed by atoms with Crippen molar-refractivity contribution in [2.24, 2.45) is 5.92 Å². The van der Waals surface area contributed by atoms with Gasteiger partial charge in [0.2, 0.25) is 0 Å². The molecule has 1 heterocycles. The van der Waals surface area contributed by atoms with Crippen molar-refractivity contribution < 1.29 is 13.9 Å². The van der Waals surface area contributed by atoms with Crippen molar-refractivity contribution in [3.8, 4) is 0 Å². The molecule has 2 N–H and O–H groups in total. The van der Waals surface area contributed by atoms with Crippen molar-refractivity contribution in [1.82, 2.24) is 10.6 Å². The number of alkyl carbamates (subject to hydrolysis) is 1. The first-order chi connectivity index (χ1) is 7.82. The highest BCUT2D eigenvalue weighted by atomic mass is 19.1. The molecule has 0 aromatic rings. The molecule has 0 aromatic carbocycles. The standard InChI is InChI=1S/C12H21FN2O2/c1-11(2,3)17-10(16)15-12(4-5-12)8-6-14-7-9(8)13/h8-9,14H,4-7H2,1-3H3,(H,15,16). The Labute approximate surface area is 101 Å². The minimum Gasteiger partial charge on any atom is -0.444 e. The summed E-state index contributed by atoms with van der Waals surface area (Å²) in [6, 6.07) is 0. The van der Waals surface area contributed by atoms with Crippen molar-refractivity contribution in [2.45, 2.75) is 50.9 Å². The van der Waals surface area contributed by atoms with Crippen LogP contribution in [0.3, 0.4) is 0 Å². The summed E-state index contributed by atoms with van der Waals surface area (Å²) in [6.07, 6.45) is 0.388. The van der Waals surface area contributed by atoms with Crippen LogP contribution >= 0.6 is 0 Å². The summed E-state index contributed by atoms with van der Waals surface area (Å²) in [5.41, 5.74) is -0.881. The zero-order valence-electron chi connectivity index (χ0n) is 10.7. The molecule has 5 heteroatoms. The van der Waals surface area contributed by atoms with E-state index in [0.717, 1.165) is 12.8 Å². The Balaban J connectivity index is 1.92. The van der Waals surface area contributed by atoms with E-state index in [-0.39, 0.29) is 11.5 Å². The van der Waals surface area contributed by atoms with E-state index >= 15 is 0 Å². The van der Waals surface area contributed by atoms with Crippen LogP contribution in [0, 0.1) is 5.92 Å². The number of carbonyl (C=O) groups is 1. The molecular formula is C12H21FN2O2. The normalized spacial score (nSPS) is 31.1. The van der Waals surface area contributed by atoms with E-state index in [1.165, 1.54) is 0 Å². The highest BCUT2D eigenvalue weighted by Crippen LogP contribution is 2.45. The minimum atomic E-state index is -0.868. The van der Waals surface area contributed by atoms with Crippen molar-refractivity contribution in [1.29, 1.82) is 0 Å². The van der Waals surface area contributed by atoms with E-state index in [1.807, 2.05) is 20.8 Å². The van der Waals surface area contributed by atoms with E-state index in [4.69, 9.17) is 4.74 Å². The van der Waals surface area contributed by atoms with Gasteiger partial charge in [-0.2, -0.15) is 0 Å². The van der Waals surface area contributed by atoms with Crippen LogP contribution in [0.5, 0.6) is 0 Å². The number of alkyl halides is 1. The van der Waals surface area contributed by atoms with E-state index in [9.17, 15) is 9.18 Å². The summed E-state index contributed by atoms with van der Waals surface area (Å²) in [4.78, 5) is 11.7. The summed E-state index contributed by atoms with van der Waals surface area (Å²) >= 11 is 0. The van der Waals surface area contributed by atoms with Gasteiger partial charge in [0, 0.05) is 19.0 Å². The van der Waals surface area contributed by atoms with Crippen molar-refractivity contribution in [3.05, 3.63) is 0 Å². The molecule has 1 amide bonds. The lowest BCUT2D eigenvalue weighted by atomic mass is 9.95. The topological polar surface area (TPSA) is 50.4 Å². The first-order valence-electron chi connectivity index (χ1n) is 6.18. The average molecular weight is 244 g/mol. The maximum atomic E-state index is 13.7. The van der Waals surface area contributed by atoms with Crippen LogP contribution < -0.4 is 10.6 Å². The number of halogens is 1. The highest BCUT2D eigenvalue weighted by Gasteiger charge is 2.55. The second-order valence-electron chi connectivity index (χ2n) is 6.06. The number of ether oxygens (including phenoxy) is 1. The predicted octanol–water partition coefficient (Wildman–Crippen LogP) is 1.60. The molecule has 2 rings (SSSR count). The van der Waals surface area contributed by atoms with Crippen LogP contribution in [0.15, 0.2) is 0 Å². The molecule has 2 fully saturated rings. The molecule has 1 aliphatic carbocycles. The fourth-order valence-corrected chi connectivity index (χ4v) is 2.42. The van der Waals surface area contributed by atoms with Gasteiger partial charge >= 0.3 is 6.09 Å². The van der Waals surface area contributed by atoms with Crippen LogP contribution in [0.25, 0.3) is 0 Å². The summed E-state index contributed by atoms with van der Waals surface area (Å²) in [7, 11) is 0. The molecule has 0 bridgehead atoms. The Morgan fingerprint density at radius 2 is 2.06 bits per heavy atom. The van der Waals surface area contributed by atoms with Crippen LogP contribution in [0.1, 0.15) is 33.6 Å². The molecule has 1 saturated heterocycles. The SMILES string of the molecule is CC(C)(C)OC(=O)NC1(C2CNCC2F)CC1. The van der Waals surface area contributed by atoms with E-state index in [1.54, 1.807) is 0 Å². The lowest BCUT2D eigenvalue weighted by Crippen LogP contribution is -2.47. The number of nitrogens with one attached hydrogen (secondary N) is 2. The van der Waals surface area contributed by atoms with Gasteiger partial charge in [0.15, 0.2) is 0 Å². The molecule has 98 valence electrons. The maximum absolute atomic E-state index is 13.7. The van der Waals surface area contributed by atoms with Gasteiger partial charge in [-0.3, -0.25) is 0 Å². The molecule has 1 saturated carbocycles. The monoisotopic (exact) mass is 244 g/mol. The van der Waals surface area contributed by atoms with E-state index in [0.29, 0.717) is 13.1 Å². The molecule has 0 aromatic heterocycles. The first-order valence-corrected chi connectivity index (χ1v) is 6.18. The second kappa shape index (κ2) is 4.12. The maximum Gasteiger partial charge on any atom is 0.408 e. The number of amides is 1. The van der Waals surface area contributed by atoms with E-state index < -0.39 is 17.9 Å². The third-order valence-corrected chi connectivity index (χ3v) is 3.39. The smallest absolute Gasteiger partial charge is 0.408 e. The van der Waals surface area contributed by atoms with Gasteiger partial charge in [-0.15, -0.1) is 0 Å². The third kappa shape index (κ3) is 2.89. The quantitative estimate of drug-likeness (QED) is 0.775. The van der Waals surface area contributed by atoms with Gasteiger partial charge in [-0.05, 0) is 33.6 Å². The van der Waals surface area contributed by atoms with Gasteiger partial charge in [-0.1, -0.05) is 0 Å². The summed E-state index contributed by atoms with van der Waals surface area (Å²) in [5, 5.41) is 5.88. The summed E-state index contributed by atoms with van der Waals surface area (Å²) < 4.78 is 18.9. The highest BCUT2D eigenvalue weighted by molar-refractivity contribution is 5.69. The fraction of sp³-hybridized carbons (Fsp3) is 0.917. The second-order valence-corrected chi connectivity index (χ2v) is 6.06. The van der Waals surface area contributed by atoms with Crippen LogP contribution in [0.2, 0.25) is 0 Å². The molecule has 0 radical (unpaired) electrons. The number of carbonyl (C=O) groups excluding carboxylic acids is 1. The van der Waals surface area contributed by atoms with Crippen LogP contribution in [-0.4, -0.2) is 36.5 Å². The molecule has 2 aliphatic rings. The molecule has 1 aliphatic heterocycles. The first kappa shape index (κ1) is 12.6. The molecule has 0 spiro atoms. The minimum absolute atomic E-state index is 0.116. The average Bonchev–Trinajstić information content (AvgIpc) is 2.77.